The van der Waals surface area contributed by atoms with E-state index in [-0.39, 0.29) is 48.4 Å². The predicted octanol–water partition coefficient (Wildman–Crippen LogP) is 0.215. The smallest absolute Gasteiger partial charge is 0.314 e. The van der Waals surface area contributed by atoms with Crippen LogP contribution >= 0.6 is 0 Å². The van der Waals surface area contributed by atoms with Crippen LogP contribution in [0.1, 0.15) is 6.92 Å². The fourth-order valence-corrected chi connectivity index (χ4v) is 0.105. The Labute approximate surface area is 74.7 Å². The maximum Gasteiger partial charge on any atom is 3.00 e. The van der Waals surface area contributed by atoms with Crippen LogP contribution in [0.25, 0.3) is 0 Å². The molecule has 0 aromatic rings. The average Bonchev–Trinajstić information content (AvgIpc) is 1.35. The Bertz CT molecular complexity index is 56.9. The van der Waals surface area contributed by atoms with Gasteiger partial charge in [-0.05, 0) is 6.92 Å². The molecular weight excluding hydrogens is 226 g/mol. The van der Waals surface area contributed by atoms with E-state index in [2.05, 4.69) is 4.84 Å². The quantitative estimate of drug-likeness (QED) is 0.504. The van der Waals surface area contributed by atoms with Gasteiger partial charge in [0.05, 0.1) is 6.61 Å². The molecule has 0 unspecified atom stereocenters. The third kappa shape index (κ3) is 10.8. The summed E-state index contributed by atoms with van der Waals surface area (Å²) in [5.74, 6) is 0. The third-order valence-electron chi connectivity index (χ3n) is 0.235. The number of nitrogens with zero attached hydrogens (tertiary/aromatic N) is 1. The van der Waals surface area contributed by atoms with E-state index in [9.17, 15) is 10.1 Å². The monoisotopic (exact) mass is 231 g/mol. The fraction of sp³-hybridized carbons (Fsp3) is 1.00. The van der Waals surface area contributed by atoms with Gasteiger partial charge >= 0.3 is 41.7 Å². The molecule has 5 heteroatoms. The van der Waals surface area contributed by atoms with Gasteiger partial charge in [0.2, 0.25) is 0 Å². The van der Waals surface area contributed by atoms with Crippen molar-refractivity contribution in [3.05, 3.63) is 10.1 Å². The summed E-state index contributed by atoms with van der Waals surface area (Å²) in [4.78, 5) is 12.9. The summed E-state index contributed by atoms with van der Waals surface area (Å²) in [6.07, 6.45) is 0. The van der Waals surface area contributed by atoms with E-state index in [1.165, 1.54) is 0 Å². The first-order chi connectivity index (χ1) is 2.77. The van der Waals surface area contributed by atoms with E-state index in [0.717, 1.165) is 0 Å². The van der Waals surface area contributed by atoms with E-state index in [0.29, 0.717) is 0 Å². The molecule has 0 aliphatic heterocycles. The van der Waals surface area contributed by atoms with Crippen LogP contribution in [0.15, 0.2) is 0 Å². The largest absolute Gasteiger partial charge is 3.00 e. The second-order valence-corrected chi connectivity index (χ2v) is 0.641. The summed E-state index contributed by atoms with van der Waals surface area (Å²) in [6.45, 7) is 1.69. The van der Waals surface area contributed by atoms with Crippen LogP contribution in [0.3, 0.4) is 0 Å². The summed E-state index contributed by atoms with van der Waals surface area (Å²) in [6, 6.07) is 0. The Balaban J connectivity index is 0. The zero-order chi connectivity index (χ0) is 4.99. The molecule has 0 aromatic heterocycles. The number of rotatable bonds is 2. The van der Waals surface area contributed by atoms with E-state index in [1.807, 2.05) is 0 Å². The Hall–Kier alpha value is 0.577. The normalized spacial score (nSPS) is 6.43. The molecule has 0 spiro atoms. The van der Waals surface area contributed by atoms with Gasteiger partial charge in [0.1, 0.15) is 0 Å². The van der Waals surface area contributed by atoms with Gasteiger partial charge < -0.3 is 4.84 Å². The van der Waals surface area contributed by atoms with Crippen molar-refractivity contribution in [3.8, 4) is 0 Å². The first-order valence-electron chi connectivity index (χ1n) is 1.54. The summed E-state index contributed by atoms with van der Waals surface area (Å²) in [7, 11) is 0. The molecule has 7 heavy (non-hydrogen) atoms. The maximum atomic E-state index is 9.18. The van der Waals surface area contributed by atoms with Crippen LogP contribution in [0.2, 0.25) is 0 Å². The molecule has 0 bridgehead atoms. The van der Waals surface area contributed by atoms with Gasteiger partial charge in [-0.15, -0.1) is 10.1 Å². The van der Waals surface area contributed by atoms with E-state index in [4.69, 9.17) is 0 Å². The molecule has 1 radical (unpaired) electrons. The zero-order valence-corrected chi connectivity index (χ0v) is 7.02. The van der Waals surface area contributed by atoms with E-state index < -0.39 is 5.09 Å². The Morgan fingerprint density at radius 2 is 2.29 bits per heavy atom. The molecule has 0 aliphatic rings. The van der Waals surface area contributed by atoms with Crippen molar-refractivity contribution in [2.45, 2.75) is 6.92 Å². The van der Waals surface area contributed by atoms with Crippen LogP contribution in [0.4, 0.5) is 0 Å². The topological polar surface area (TPSA) is 52.4 Å². The Morgan fingerprint density at radius 1 is 1.86 bits per heavy atom. The molecule has 0 rings (SSSR count). The van der Waals surface area contributed by atoms with Crippen molar-refractivity contribution in [2.75, 3.05) is 6.61 Å². The molecule has 0 saturated heterocycles. The standard InChI is InChI=1S/C2H5NO3.Ce/c1-2-6-3(4)5;/h2H2,1H3;/q;+3. The van der Waals surface area contributed by atoms with E-state index >= 15 is 0 Å². The fourth-order valence-electron chi connectivity index (χ4n) is 0.105. The van der Waals surface area contributed by atoms with Gasteiger partial charge in [0, 0.05) is 0 Å². The summed E-state index contributed by atoms with van der Waals surface area (Å²) >= 11 is 0. The molecular formula is C2H5CeNO3+3. The van der Waals surface area contributed by atoms with Crippen molar-refractivity contribution in [1.82, 2.24) is 0 Å². The van der Waals surface area contributed by atoms with Crippen molar-refractivity contribution >= 4 is 0 Å². The minimum atomic E-state index is -0.819. The van der Waals surface area contributed by atoms with Crippen molar-refractivity contribution < 1.29 is 51.7 Å². The predicted molar refractivity (Wildman–Crippen MR) is 18.6 cm³/mol. The average molecular weight is 231 g/mol. The van der Waals surface area contributed by atoms with Gasteiger partial charge in [0.15, 0.2) is 0 Å². The van der Waals surface area contributed by atoms with Gasteiger partial charge in [0.25, 0.3) is 5.09 Å². The second-order valence-electron chi connectivity index (χ2n) is 0.641. The molecule has 0 fully saturated rings. The first kappa shape index (κ1) is 10.5. The summed E-state index contributed by atoms with van der Waals surface area (Å²) < 4.78 is 0. The second kappa shape index (κ2) is 6.58. The van der Waals surface area contributed by atoms with Crippen LogP contribution in [-0.4, -0.2) is 11.7 Å². The van der Waals surface area contributed by atoms with Gasteiger partial charge in [-0.2, -0.15) is 0 Å². The van der Waals surface area contributed by atoms with Crippen molar-refractivity contribution in [2.24, 2.45) is 0 Å². The minimum Gasteiger partial charge on any atom is -0.314 e. The third-order valence-corrected chi connectivity index (χ3v) is 0.235. The summed E-state index contributed by atoms with van der Waals surface area (Å²) in [5, 5.41) is 8.36. The molecule has 0 saturated carbocycles. The zero-order valence-electron chi connectivity index (χ0n) is 3.88. The van der Waals surface area contributed by atoms with Gasteiger partial charge in [-0.3, -0.25) is 0 Å². The van der Waals surface area contributed by atoms with E-state index in [1.54, 1.807) is 6.92 Å². The Morgan fingerprint density at radius 3 is 2.29 bits per heavy atom. The molecule has 0 atom stereocenters. The number of hydrogen-bond acceptors (Lipinski definition) is 3. The molecule has 0 aliphatic carbocycles. The molecule has 37 valence electrons. The number of hydrogen-bond donors (Lipinski definition) is 0. The molecule has 0 N–H and O–H groups in total. The van der Waals surface area contributed by atoms with Crippen LogP contribution in [0, 0.1) is 51.9 Å². The van der Waals surface area contributed by atoms with Crippen molar-refractivity contribution in [1.29, 1.82) is 0 Å². The Kier molecular flexibility index (Phi) is 9.90. The van der Waals surface area contributed by atoms with Crippen LogP contribution < -0.4 is 0 Å². The molecule has 0 aromatic carbocycles. The van der Waals surface area contributed by atoms with Crippen molar-refractivity contribution in [3.63, 3.8) is 0 Å². The van der Waals surface area contributed by atoms with Crippen LogP contribution in [-0.2, 0) is 4.84 Å². The molecule has 0 heterocycles. The summed E-state index contributed by atoms with van der Waals surface area (Å²) in [5.41, 5.74) is 0. The molecule has 0 amide bonds. The maximum absolute atomic E-state index is 9.18. The van der Waals surface area contributed by atoms with Crippen LogP contribution in [0.5, 0.6) is 0 Å². The SMILES string of the molecule is CCO[N+](=O)[O-].[Ce+3]. The van der Waals surface area contributed by atoms with Gasteiger partial charge in [-0.25, -0.2) is 0 Å². The first-order valence-corrected chi connectivity index (χ1v) is 1.54. The minimum absolute atomic E-state index is 0. The molecule has 4 nitrogen and oxygen atoms in total. The van der Waals surface area contributed by atoms with Gasteiger partial charge in [-0.1, -0.05) is 0 Å².